The Bertz CT molecular complexity index is 1040. The standard InChI is InChI=1S/C23H27ClN4O4S/c1-4-21(29)28-11-9-27(10-12-28)18-7-6-16(24)14-17(18)25-23(33)26-22(30)15-5-8-19(31-2)20(13-15)32-3/h5-8,13-14H,4,9-12H2,1-3H3,(H2,25,26,30,33). The van der Waals surface area contributed by atoms with Crippen LogP contribution in [0.25, 0.3) is 0 Å². The molecule has 176 valence electrons. The van der Waals surface area contributed by atoms with Crippen molar-refractivity contribution in [3.63, 3.8) is 0 Å². The molecule has 1 fully saturated rings. The third-order valence-corrected chi connectivity index (χ3v) is 5.79. The van der Waals surface area contributed by atoms with E-state index in [9.17, 15) is 9.59 Å². The summed E-state index contributed by atoms with van der Waals surface area (Å²) in [5, 5.41) is 6.44. The van der Waals surface area contributed by atoms with E-state index in [-0.39, 0.29) is 16.9 Å². The summed E-state index contributed by atoms with van der Waals surface area (Å²) in [6, 6.07) is 10.3. The van der Waals surface area contributed by atoms with Crippen molar-refractivity contribution < 1.29 is 19.1 Å². The molecule has 2 N–H and O–H groups in total. The molecule has 2 aromatic rings. The second kappa shape index (κ2) is 11.2. The van der Waals surface area contributed by atoms with Gasteiger partial charge >= 0.3 is 0 Å². The summed E-state index contributed by atoms with van der Waals surface area (Å²) < 4.78 is 10.5. The highest BCUT2D eigenvalue weighted by Gasteiger charge is 2.22. The molecule has 0 aliphatic carbocycles. The number of anilines is 2. The number of amides is 2. The van der Waals surface area contributed by atoms with Crippen LogP contribution in [-0.4, -0.2) is 62.2 Å². The van der Waals surface area contributed by atoms with Crippen LogP contribution in [0.2, 0.25) is 5.02 Å². The van der Waals surface area contributed by atoms with Crippen LogP contribution in [0.15, 0.2) is 36.4 Å². The molecule has 0 spiro atoms. The van der Waals surface area contributed by atoms with Crippen molar-refractivity contribution >= 4 is 52.1 Å². The first-order valence-corrected chi connectivity index (χ1v) is 11.3. The molecule has 0 atom stereocenters. The van der Waals surface area contributed by atoms with Crippen LogP contribution in [0.5, 0.6) is 11.5 Å². The van der Waals surface area contributed by atoms with Gasteiger partial charge in [0, 0.05) is 43.2 Å². The Morgan fingerprint density at radius 2 is 1.73 bits per heavy atom. The van der Waals surface area contributed by atoms with E-state index >= 15 is 0 Å². The van der Waals surface area contributed by atoms with Gasteiger partial charge in [0.15, 0.2) is 16.6 Å². The zero-order valence-electron chi connectivity index (χ0n) is 18.8. The minimum absolute atomic E-state index is 0.137. The molecule has 33 heavy (non-hydrogen) atoms. The Labute approximate surface area is 203 Å². The Hall–Kier alpha value is -3.04. The van der Waals surface area contributed by atoms with E-state index in [4.69, 9.17) is 33.3 Å². The van der Waals surface area contributed by atoms with Crippen molar-refractivity contribution in [2.75, 3.05) is 50.6 Å². The predicted octanol–water partition coefficient (Wildman–Crippen LogP) is 3.54. The second-order valence-corrected chi connectivity index (χ2v) is 8.21. The zero-order chi connectivity index (χ0) is 24.0. The van der Waals surface area contributed by atoms with Gasteiger partial charge in [-0.05, 0) is 48.6 Å². The minimum Gasteiger partial charge on any atom is -0.493 e. The Kier molecular flexibility index (Phi) is 8.35. The summed E-state index contributed by atoms with van der Waals surface area (Å²) in [5.41, 5.74) is 1.95. The minimum atomic E-state index is -0.385. The highest BCUT2D eigenvalue weighted by atomic mass is 35.5. The maximum absolute atomic E-state index is 12.7. The van der Waals surface area contributed by atoms with Crippen LogP contribution in [0, 0.1) is 0 Å². The Balaban J connectivity index is 1.69. The fourth-order valence-electron chi connectivity index (χ4n) is 3.61. The van der Waals surface area contributed by atoms with Gasteiger partial charge in [-0.25, -0.2) is 0 Å². The fourth-order valence-corrected chi connectivity index (χ4v) is 3.99. The average molecular weight is 491 g/mol. The summed E-state index contributed by atoms with van der Waals surface area (Å²) in [6.07, 6.45) is 0.502. The molecule has 0 unspecified atom stereocenters. The van der Waals surface area contributed by atoms with E-state index in [0.29, 0.717) is 60.4 Å². The summed E-state index contributed by atoms with van der Waals surface area (Å²) in [4.78, 5) is 28.7. The molecule has 10 heteroatoms. The first-order valence-electron chi connectivity index (χ1n) is 10.5. The lowest BCUT2D eigenvalue weighted by Crippen LogP contribution is -2.48. The number of nitrogens with one attached hydrogen (secondary N) is 2. The summed E-state index contributed by atoms with van der Waals surface area (Å²) in [5.74, 6) is 0.743. The van der Waals surface area contributed by atoms with Gasteiger partial charge in [-0.1, -0.05) is 18.5 Å². The van der Waals surface area contributed by atoms with Crippen molar-refractivity contribution in [2.45, 2.75) is 13.3 Å². The van der Waals surface area contributed by atoms with E-state index in [1.54, 1.807) is 30.3 Å². The largest absolute Gasteiger partial charge is 0.493 e. The molecule has 0 radical (unpaired) electrons. The van der Waals surface area contributed by atoms with Crippen LogP contribution in [0.4, 0.5) is 11.4 Å². The molecule has 0 aromatic heterocycles. The highest BCUT2D eigenvalue weighted by Crippen LogP contribution is 2.30. The van der Waals surface area contributed by atoms with Gasteiger partial charge in [0.05, 0.1) is 25.6 Å². The Morgan fingerprint density at radius 3 is 2.36 bits per heavy atom. The average Bonchev–Trinajstić information content (AvgIpc) is 2.83. The summed E-state index contributed by atoms with van der Waals surface area (Å²) in [7, 11) is 3.03. The quantitative estimate of drug-likeness (QED) is 0.599. The number of benzene rings is 2. The number of hydrogen-bond donors (Lipinski definition) is 2. The van der Waals surface area contributed by atoms with Gasteiger partial charge in [-0.15, -0.1) is 0 Å². The van der Waals surface area contributed by atoms with Gasteiger partial charge in [0.2, 0.25) is 5.91 Å². The number of ether oxygens (including phenoxy) is 2. The van der Waals surface area contributed by atoms with Gasteiger partial charge in [-0.2, -0.15) is 0 Å². The van der Waals surface area contributed by atoms with E-state index in [2.05, 4.69) is 15.5 Å². The Morgan fingerprint density at radius 1 is 1.03 bits per heavy atom. The number of nitrogens with zero attached hydrogens (tertiary/aromatic N) is 2. The van der Waals surface area contributed by atoms with Crippen molar-refractivity contribution in [3.8, 4) is 11.5 Å². The maximum Gasteiger partial charge on any atom is 0.257 e. The van der Waals surface area contributed by atoms with Gasteiger partial charge in [0.25, 0.3) is 5.91 Å². The zero-order valence-corrected chi connectivity index (χ0v) is 20.4. The summed E-state index contributed by atoms with van der Waals surface area (Å²) >= 11 is 11.6. The lowest BCUT2D eigenvalue weighted by Gasteiger charge is -2.37. The molecule has 2 amide bonds. The summed E-state index contributed by atoms with van der Waals surface area (Å²) in [6.45, 7) is 4.54. The SMILES string of the molecule is CCC(=O)N1CCN(c2ccc(Cl)cc2NC(=S)NC(=O)c2ccc(OC)c(OC)c2)CC1. The highest BCUT2D eigenvalue weighted by molar-refractivity contribution is 7.80. The molecule has 0 saturated carbocycles. The molecule has 0 bridgehead atoms. The van der Waals surface area contributed by atoms with Crippen molar-refractivity contribution in [1.29, 1.82) is 0 Å². The third-order valence-electron chi connectivity index (χ3n) is 5.36. The number of carbonyl (C=O) groups is 2. The molecular weight excluding hydrogens is 464 g/mol. The van der Waals surface area contributed by atoms with Crippen LogP contribution in [0.1, 0.15) is 23.7 Å². The monoisotopic (exact) mass is 490 g/mol. The third kappa shape index (κ3) is 6.06. The fraction of sp³-hybridized carbons (Fsp3) is 0.348. The van der Waals surface area contributed by atoms with Crippen molar-refractivity contribution in [3.05, 3.63) is 47.0 Å². The first-order chi connectivity index (χ1) is 15.9. The number of carbonyl (C=O) groups excluding carboxylic acids is 2. The van der Waals surface area contributed by atoms with Crippen LogP contribution in [-0.2, 0) is 4.79 Å². The number of halogens is 1. The number of methoxy groups -OCH3 is 2. The molecule has 3 rings (SSSR count). The lowest BCUT2D eigenvalue weighted by molar-refractivity contribution is -0.131. The van der Waals surface area contributed by atoms with Gasteiger partial charge < -0.3 is 24.6 Å². The topological polar surface area (TPSA) is 83.1 Å². The van der Waals surface area contributed by atoms with Crippen LogP contribution < -0.4 is 25.0 Å². The van der Waals surface area contributed by atoms with Crippen LogP contribution >= 0.6 is 23.8 Å². The molecule has 1 heterocycles. The van der Waals surface area contributed by atoms with E-state index in [1.807, 2.05) is 17.9 Å². The molecule has 1 aliphatic rings. The van der Waals surface area contributed by atoms with Crippen LogP contribution in [0.3, 0.4) is 0 Å². The molecule has 1 saturated heterocycles. The molecule has 8 nitrogen and oxygen atoms in total. The smallest absolute Gasteiger partial charge is 0.257 e. The number of thiocarbonyl (C=S) groups is 1. The van der Waals surface area contributed by atoms with Gasteiger partial charge in [0.1, 0.15) is 0 Å². The molecule has 2 aromatic carbocycles. The van der Waals surface area contributed by atoms with E-state index in [1.165, 1.54) is 14.2 Å². The number of piperazine rings is 1. The number of hydrogen-bond acceptors (Lipinski definition) is 6. The second-order valence-electron chi connectivity index (χ2n) is 7.36. The van der Waals surface area contributed by atoms with Crippen molar-refractivity contribution in [1.82, 2.24) is 10.2 Å². The number of rotatable bonds is 6. The molecular formula is C23H27ClN4O4S. The van der Waals surface area contributed by atoms with Gasteiger partial charge in [-0.3, -0.25) is 14.9 Å². The predicted molar refractivity (Wildman–Crippen MR) is 134 cm³/mol. The van der Waals surface area contributed by atoms with E-state index in [0.717, 1.165) is 5.69 Å². The van der Waals surface area contributed by atoms with E-state index < -0.39 is 0 Å². The van der Waals surface area contributed by atoms with Crippen molar-refractivity contribution in [2.24, 2.45) is 0 Å². The maximum atomic E-state index is 12.7. The lowest BCUT2D eigenvalue weighted by atomic mass is 10.2. The first kappa shape index (κ1) is 24.6. The normalized spacial score (nSPS) is 13.3. The molecule has 1 aliphatic heterocycles.